The molecule has 23 heavy (non-hydrogen) atoms. The molecule has 4 nitrogen and oxygen atoms in total. The lowest BCUT2D eigenvalue weighted by atomic mass is 10.1. The Kier molecular flexibility index (Phi) is 4.71. The zero-order chi connectivity index (χ0) is 16.1. The highest BCUT2D eigenvalue weighted by molar-refractivity contribution is 5.92. The lowest BCUT2D eigenvalue weighted by Crippen LogP contribution is -2.10. The van der Waals surface area contributed by atoms with Crippen LogP contribution in [0.3, 0.4) is 0 Å². The summed E-state index contributed by atoms with van der Waals surface area (Å²) in [5.74, 6) is 1.02. The second kappa shape index (κ2) is 7.09. The number of fused-ring (bicyclic) bond motifs is 1. The molecule has 2 N–H and O–H groups in total. The summed E-state index contributed by atoms with van der Waals surface area (Å²) in [5.41, 5.74) is 4.01. The number of rotatable bonds is 6. The molecule has 1 aromatic heterocycles. The molecular weight excluding hydrogens is 286 g/mol. The van der Waals surface area contributed by atoms with Crippen molar-refractivity contribution in [1.82, 2.24) is 9.97 Å². The minimum Gasteiger partial charge on any atom is -0.342 e. The summed E-state index contributed by atoms with van der Waals surface area (Å²) in [5, 5.41) is 2.92. The first-order valence-corrected chi connectivity index (χ1v) is 8.07. The normalized spacial score (nSPS) is 10.8. The molecule has 0 saturated carbocycles. The summed E-state index contributed by atoms with van der Waals surface area (Å²) in [6, 6.07) is 16.2. The summed E-state index contributed by atoms with van der Waals surface area (Å²) in [6.45, 7) is 2.00. The molecule has 0 saturated heterocycles. The first-order valence-electron chi connectivity index (χ1n) is 8.07. The summed E-state index contributed by atoms with van der Waals surface area (Å²) < 4.78 is 0. The van der Waals surface area contributed by atoms with Gasteiger partial charge in [-0.2, -0.15) is 0 Å². The number of H-pyrrole nitrogens is 1. The van der Waals surface area contributed by atoms with E-state index in [2.05, 4.69) is 39.6 Å². The van der Waals surface area contributed by atoms with Crippen molar-refractivity contribution in [2.24, 2.45) is 0 Å². The third-order valence-electron chi connectivity index (χ3n) is 3.79. The van der Waals surface area contributed by atoms with Crippen LogP contribution in [0.2, 0.25) is 0 Å². The minimum absolute atomic E-state index is 0.0515. The number of anilines is 1. The van der Waals surface area contributed by atoms with E-state index < -0.39 is 0 Å². The SMILES string of the molecule is CCCC(=O)Nc1ccc2nc(CCc3ccccc3)[nH]c2c1. The van der Waals surface area contributed by atoms with Crippen LogP contribution in [0, 0.1) is 0 Å². The number of benzene rings is 2. The van der Waals surface area contributed by atoms with Crippen LogP contribution in [-0.2, 0) is 17.6 Å². The monoisotopic (exact) mass is 307 g/mol. The van der Waals surface area contributed by atoms with E-state index >= 15 is 0 Å². The van der Waals surface area contributed by atoms with Crippen molar-refractivity contribution in [2.45, 2.75) is 32.6 Å². The summed E-state index contributed by atoms with van der Waals surface area (Å²) in [7, 11) is 0. The Labute approximate surface area is 136 Å². The number of carbonyl (C=O) groups excluding carboxylic acids is 1. The zero-order valence-electron chi connectivity index (χ0n) is 13.3. The van der Waals surface area contributed by atoms with Gasteiger partial charge in [0.05, 0.1) is 11.0 Å². The second-order valence-corrected chi connectivity index (χ2v) is 5.70. The van der Waals surface area contributed by atoms with Gasteiger partial charge in [-0.3, -0.25) is 4.79 Å². The molecule has 0 bridgehead atoms. The first kappa shape index (κ1) is 15.3. The topological polar surface area (TPSA) is 57.8 Å². The Balaban J connectivity index is 1.70. The molecule has 0 aliphatic heterocycles. The fourth-order valence-electron chi connectivity index (χ4n) is 2.62. The molecule has 118 valence electrons. The first-order chi connectivity index (χ1) is 11.2. The van der Waals surface area contributed by atoms with Crippen LogP contribution in [0.5, 0.6) is 0 Å². The van der Waals surface area contributed by atoms with Crippen LogP contribution in [0.25, 0.3) is 11.0 Å². The molecule has 1 amide bonds. The summed E-state index contributed by atoms with van der Waals surface area (Å²) in [6.07, 6.45) is 3.22. The number of imidazole rings is 1. The largest absolute Gasteiger partial charge is 0.342 e. The molecule has 0 spiro atoms. The lowest BCUT2D eigenvalue weighted by Gasteiger charge is -2.03. The fraction of sp³-hybridized carbons (Fsp3) is 0.263. The van der Waals surface area contributed by atoms with Gasteiger partial charge in [0.25, 0.3) is 0 Å². The van der Waals surface area contributed by atoms with E-state index in [4.69, 9.17) is 0 Å². The van der Waals surface area contributed by atoms with Crippen molar-refractivity contribution in [1.29, 1.82) is 0 Å². The molecule has 3 aromatic rings. The van der Waals surface area contributed by atoms with Crippen LogP contribution >= 0.6 is 0 Å². The molecular formula is C19H21N3O. The van der Waals surface area contributed by atoms with E-state index in [1.165, 1.54) is 5.56 Å². The van der Waals surface area contributed by atoms with Gasteiger partial charge in [0.15, 0.2) is 0 Å². The average Bonchev–Trinajstić information content (AvgIpc) is 2.96. The summed E-state index contributed by atoms with van der Waals surface area (Å²) >= 11 is 0. The predicted octanol–water partition coefficient (Wildman–Crippen LogP) is 4.09. The van der Waals surface area contributed by atoms with Crippen LogP contribution < -0.4 is 5.32 Å². The molecule has 0 unspecified atom stereocenters. The Hall–Kier alpha value is -2.62. The third kappa shape index (κ3) is 3.97. The average molecular weight is 307 g/mol. The van der Waals surface area contributed by atoms with Crippen LogP contribution in [-0.4, -0.2) is 15.9 Å². The number of aromatic amines is 1. The molecule has 2 aromatic carbocycles. The number of hydrogen-bond donors (Lipinski definition) is 2. The van der Waals surface area contributed by atoms with E-state index in [1.54, 1.807) is 0 Å². The fourth-order valence-corrected chi connectivity index (χ4v) is 2.62. The van der Waals surface area contributed by atoms with Crippen molar-refractivity contribution in [2.75, 3.05) is 5.32 Å². The maximum atomic E-state index is 11.7. The zero-order valence-corrected chi connectivity index (χ0v) is 13.3. The highest BCUT2D eigenvalue weighted by Gasteiger charge is 2.06. The molecule has 0 aliphatic rings. The Bertz CT molecular complexity index is 793. The number of carbonyl (C=O) groups is 1. The quantitative estimate of drug-likeness (QED) is 0.720. The number of aryl methyl sites for hydroxylation is 2. The molecule has 0 fully saturated rings. The number of nitrogens with one attached hydrogen (secondary N) is 2. The second-order valence-electron chi connectivity index (χ2n) is 5.70. The Morgan fingerprint density at radius 2 is 1.96 bits per heavy atom. The smallest absolute Gasteiger partial charge is 0.224 e. The van der Waals surface area contributed by atoms with Crippen LogP contribution in [0.4, 0.5) is 5.69 Å². The summed E-state index contributed by atoms with van der Waals surface area (Å²) in [4.78, 5) is 19.6. The molecule has 4 heteroatoms. The predicted molar refractivity (Wildman–Crippen MR) is 93.5 cm³/mol. The van der Waals surface area contributed by atoms with Gasteiger partial charge >= 0.3 is 0 Å². The van der Waals surface area contributed by atoms with Gasteiger partial charge in [-0.1, -0.05) is 37.3 Å². The van der Waals surface area contributed by atoms with E-state index in [9.17, 15) is 4.79 Å². The maximum absolute atomic E-state index is 11.7. The van der Waals surface area contributed by atoms with Gasteiger partial charge in [0, 0.05) is 18.5 Å². The van der Waals surface area contributed by atoms with Gasteiger partial charge < -0.3 is 10.3 Å². The highest BCUT2D eigenvalue weighted by Crippen LogP contribution is 2.18. The minimum atomic E-state index is 0.0515. The lowest BCUT2D eigenvalue weighted by molar-refractivity contribution is -0.116. The standard InChI is InChI=1S/C19H21N3O/c1-2-6-19(23)20-15-10-11-16-17(13-15)22-18(21-16)12-9-14-7-4-3-5-8-14/h3-5,7-8,10-11,13H,2,6,9,12H2,1H3,(H,20,23)(H,21,22). The molecule has 0 atom stereocenters. The number of amides is 1. The van der Waals surface area contributed by atoms with Gasteiger partial charge in [-0.25, -0.2) is 4.98 Å². The van der Waals surface area contributed by atoms with Crippen molar-refractivity contribution in [3.63, 3.8) is 0 Å². The maximum Gasteiger partial charge on any atom is 0.224 e. The van der Waals surface area contributed by atoms with Crippen LogP contribution in [0.15, 0.2) is 48.5 Å². The third-order valence-corrected chi connectivity index (χ3v) is 3.79. The van der Waals surface area contributed by atoms with Crippen molar-refractivity contribution >= 4 is 22.6 Å². The van der Waals surface area contributed by atoms with E-state index in [1.807, 2.05) is 31.2 Å². The van der Waals surface area contributed by atoms with Gasteiger partial charge in [-0.15, -0.1) is 0 Å². The van der Waals surface area contributed by atoms with Gasteiger partial charge in [0.2, 0.25) is 5.91 Å². The van der Waals surface area contributed by atoms with Crippen molar-refractivity contribution in [3.05, 3.63) is 59.9 Å². The molecule has 1 heterocycles. The van der Waals surface area contributed by atoms with Crippen LogP contribution in [0.1, 0.15) is 31.2 Å². The Morgan fingerprint density at radius 1 is 1.13 bits per heavy atom. The van der Waals surface area contributed by atoms with Gasteiger partial charge in [0.1, 0.15) is 5.82 Å². The van der Waals surface area contributed by atoms with Gasteiger partial charge in [-0.05, 0) is 36.6 Å². The highest BCUT2D eigenvalue weighted by atomic mass is 16.1. The van der Waals surface area contributed by atoms with Crippen molar-refractivity contribution < 1.29 is 4.79 Å². The van der Waals surface area contributed by atoms with E-state index in [0.29, 0.717) is 6.42 Å². The molecule has 0 radical (unpaired) electrons. The van der Waals surface area contributed by atoms with E-state index in [-0.39, 0.29) is 5.91 Å². The number of hydrogen-bond acceptors (Lipinski definition) is 2. The molecule has 0 aliphatic carbocycles. The Morgan fingerprint density at radius 3 is 2.74 bits per heavy atom. The number of aromatic nitrogens is 2. The molecule has 3 rings (SSSR count). The van der Waals surface area contributed by atoms with Crippen molar-refractivity contribution in [3.8, 4) is 0 Å². The van der Waals surface area contributed by atoms with E-state index in [0.717, 1.165) is 41.8 Å². The number of nitrogens with zero attached hydrogens (tertiary/aromatic N) is 1.